The quantitative estimate of drug-likeness (QED) is 0.481. The van der Waals surface area contributed by atoms with E-state index in [1.807, 2.05) is 0 Å². The van der Waals surface area contributed by atoms with Gasteiger partial charge in [-0.1, -0.05) is 12.1 Å². The molecule has 29 heavy (non-hydrogen) atoms. The highest BCUT2D eigenvalue weighted by Gasteiger charge is 2.28. The number of amides is 1. The number of aromatic nitrogens is 4. The molecule has 1 aliphatic rings. The summed E-state index contributed by atoms with van der Waals surface area (Å²) in [5, 5.41) is 23.4. The Morgan fingerprint density at radius 3 is 2.55 bits per heavy atom. The van der Waals surface area contributed by atoms with Crippen molar-refractivity contribution in [2.45, 2.75) is 18.9 Å². The third-order valence-electron chi connectivity index (χ3n) is 4.71. The zero-order valence-corrected chi connectivity index (χ0v) is 15.4. The van der Waals surface area contributed by atoms with Crippen LogP contribution in [0, 0.1) is 10.1 Å². The number of rotatable bonds is 5. The van der Waals surface area contributed by atoms with Crippen LogP contribution in [0.5, 0.6) is 5.88 Å². The molecule has 148 valence electrons. The summed E-state index contributed by atoms with van der Waals surface area (Å²) in [7, 11) is 0. The molecule has 0 spiro atoms. The summed E-state index contributed by atoms with van der Waals surface area (Å²) in [5.41, 5.74) is -0.0691. The van der Waals surface area contributed by atoms with Crippen LogP contribution in [-0.4, -0.2) is 54.9 Å². The van der Waals surface area contributed by atoms with Crippen molar-refractivity contribution in [1.82, 2.24) is 24.9 Å². The van der Waals surface area contributed by atoms with Gasteiger partial charge in [-0.25, -0.2) is 4.68 Å². The number of carbonyl (C=O) groups is 1. The number of benzene rings is 1. The number of para-hydroxylation sites is 1. The van der Waals surface area contributed by atoms with Crippen LogP contribution in [0.15, 0.2) is 54.9 Å². The number of likely N-dealkylation sites (tertiary alicyclic amines) is 1. The van der Waals surface area contributed by atoms with Crippen molar-refractivity contribution in [1.29, 1.82) is 0 Å². The van der Waals surface area contributed by atoms with Crippen LogP contribution < -0.4 is 4.74 Å². The van der Waals surface area contributed by atoms with Gasteiger partial charge in [0.15, 0.2) is 5.82 Å². The van der Waals surface area contributed by atoms with E-state index in [-0.39, 0.29) is 23.3 Å². The van der Waals surface area contributed by atoms with Crippen molar-refractivity contribution in [3.8, 4) is 11.7 Å². The van der Waals surface area contributed by atoms with Gasteiger partial charge in [0.05, 0.1) is 4.92 Å². The molecular weight excluding hydrogens is 376 g/mol. The van der Waals surface area contributed by atoms with Gasteiger partial charge in [-0.3, -0.25) is 14.9 Å². The van der Waals surface area contributed by atoms with Crippen molar-refractivity contribution in [2.75, 3.05) is 13.1 Å². The van der Waals surface area contributed by atoms with Crippen LogP contribution in [0.2, 0.25) is 0 Å². The Morgan fingerprint density at radius 1 is 1.10 bits per heavy atom. The lowest BCUT2D eigenvalue weighted by Gasteiger charge is -2.31. The summed E-state index contributed by atoms with van der Waals surface area (Å²) >= 11 is 0. The predicted molar refractivity (Wildman–Crippen MR) is 102 cm³/mol. The van der Waals surface area contributed by atoms with E-state index in [9.17, 15) is 14.9 Å². The fraction of sp³-hybridized carbons (Fsp3) is 0.263. The number of nitrogens with zero attached hydrogens (tertiary/aromatic N) is 6. The molecule has 3 aromatic rings. The lowest BCUT2D eigenvalue weighted by molar-refractivity contribution is -0.385. The maximum Gasteiger partial charge on any atom is 0.282 e. The maximum atomic E-state index is 12.7. The minimum absolute atomic E-state index is 0.102. The lowest BCUT2D eigenvalue weighted by atomic mass is 10.1. The molecule has 10 heteroatoms. The van der Waals surface area contributed by atoms with E-state index >= 15 is 0 Å². The van der Waals surface area contributed by atoms with Crippen molar-refractivity contribution in [3.63, 3.8) is 0 Å². The molecule has 0 atom stereocenters. The summed E-state index contributed by atoms with van der Waals surface area (Å²) in [4.78, 5) is 24.9. The third-order valence-corrected chi connectivity index (χ3v) is 4.71. The number of ether oxygens (including phenoxy) is 1. The number of carbonyl (C=O) groups excluding carboxylic acids is 1. The molecule has 1 aromatic carbocycles. The average molecular weight is 394 g/mol. The maximum absolute atomic E-state index is 12.7. The predicted octanol–water partition coefficient (Wildman–Crippen LogP) is 2.25. The van der Waals surface area contributed by atoms with Crippen molar-refractivity contribution < 1.29 is 14.5 Å². The monoisotopic (exact) mass is 394 g/mol. The van der Waals surface area contributed by atoms with Crippen LogP contribution in [0.1, 0.15) is 23.2 Å². The van der Waals surface area contributed by atoms with E-state index in [4.69, 9.17) is 4.74 Å². The molecule has 0 bridgehead atoms. The minimum atomic E-state index is -0.533. The highest BCUT2D eigenvalue weighted by Crippen LogP contribution is 2.23. The average Bonchev–Trinajstić information content (AvgIpc) is 3.29. The van der Waals surface area contributed by atoms with Gasteiger partial charge in [0.2, 0.25) is 5.88 Å². The normalized spacial score (nSPS) is 14.6. The standard InChI is InChI=1S/C19H18N6O4/c26-19(15-4-1-2-5-16(15)25(27)28)23-12-8-14(9-13-23)29-18-7-6-17(21-22-18)24-11-3-10-20-24/h1-7,10-11,14H,8-9,12-13H2. The highest BCUT2D eigenvalue weighted by atomic mass is 16.6. The van der Waals surface area contributed by atoms with Gasteiger partial charge >= 0.3 is 0 Å². The Bertz CT molecular complexity index is 998. The fourth-order valence-electron chi connectivity index (χ4n) is 3.23. The molecule has 0 aliphatic carbocycles. The van der Waals surface area contributed by atoms with E-state index < -0.39 is 4.92 Å². The van der Waals surface area contributed by atoms with Crippen LogP contribution in [-0.2, 0) is 0 Å². The zero-order valence-electron chi connectivity index (χ0n) is 15.4. The smallest absolute Gasteiger partial charge is 0.282 e. The van der Waals surface area contributed by atoms with E-state index in [2.05, 4.69) is 15.3 Å². The minimum Gasteiger partial charge on any atom is -0.473 e. The van der Waals surface area contributed by atoms with Gasteiger partial charge in [0.1, 0.15) is 11.7 Å². The zero-order chi connectivity index (χ0) is 20.2. The second kappa shape index (κ2) is 8.05. The molecule has 3 heterocycles. The van der Waals surface area contributed by atoms with Crippen molar-refractivity contribution in [3.05, 3.63) is 70.5 Å². The Balaban J connectivity index is 1.35. The van der Waals surface area contributed by atoms with Gasteiger partial charge < -0.3 is 9.64 Å². The van der Waals surface area contributed by atoms with E-state index in [0.717, 1.165) is 0 Å². The number of piperidine rings is 1. The van der Waals surface area contributed by atoms with Gasteiger partial charge in [-0.2, -0.15) is 5.10 Å². The summed E-state index contributed by atoms with van der Waals surface area (Å²) < 4.78 is 7.47. The number of nitro benzene ring substituents is 1. The van der Waals surface area contributed by atoms with Gasteiger partial charge in [-0.15, -0.1) is 10.2 Å². The Labute approximate surface area is 165 Å². The van der Waals surface area contributed by atoms with Crippen molar-refractivity contribution >= 4 is 11.6 Å². The Hall–Kier alpha value is -3.82. The molecule has 1 fully saturated rings. The summed E-state index contributed by atoms with van der Waals surface area (Å²) in [6.07, 6.45) is 4.54. The first-order valence-electron chi connectivity index (χ1n) is 9.15. The molecule has 1 aliphatic heterocycles. The van der Waals surface area contributed by atoms with Gasteiger partial charge in [-0.05, 0) is 18.2 Å². The van der Waals surface area contributed by atoms with Crippen LogP contribution in [0.3, 0.4) is 0 Å². The number of hydrogen-bond donors (Lipinski definition) is 0. The first-order chi connectivity index (χ1) is 14.1. The molecule has 10 nitrogen and oxygen atoms in total. The molecule has 0 unspecified atom stereocenters. The van der Waals surface area contributed by atoms with Crippen molar-refractivity contribution in [2.24, 2.45) is 0 Å². The first kappa shape index (κ1) is 18.5. The second-order valence-corrected chi connectivity index (χ2v) is 6.56. The Kier molecular flexibility index (Phi) is 5.14. The fourth-order valence-corrected chi connectivity index (χ4v) is 3.23. The summed E-state index contributed by atoms with van der Waals surface area (Å²) in [6.45, 7) is 0.905. The molecule has 0 saturated carbocycles. The molecule has 2 aromatic heterocycles. The SMILES string of the molecule is O=C(c1ccccc1[N+](=O)[O-])N1CCC(Oc2ccc(-n3cccn3)nn2)CC1. The molecule has 0 N–H and O–H groups in total. The van der Waals surface area contributed by atoms with E-state index in [0.29, 0.717) is 37.6 Å². The summed E-state index contributed by atoms with van der Waals surface area (Å²) in [6, 6.07) is 11.3. The lowest BCUT2D eigenvalue weighted by Crippen LogP contribution is -2.42. The molecular formula is C19H18N6O4. The number of nitro groups is 1. The van der Waals surface area contributed by atoms with Gasteiger partial charge in [0, 0.05) is 50.5 Å². The van der Waals surface area contributed by atoms with E-state index in [1.165, 1.54) is 12.1 Å². The topological polar surface area (TPSA) is 116 Å². The summed E-state index contributed by atoms with van der Waals surface area (Å²) in [5.74, 6) is 0.663. The first-order valence-corrected chi connectivity index (χ1v) is 9.15. The van der Waals surface area contributed by atoms with E-state index in [1.54, 1.807) is 52.3 Å². The molecule has 4 rings (SSSR count). The Morgan fingerprint density at radius 2 is 1.90 bits per heavy atom. The largest absolute Gasteiger partial charge is 0.473 e. The second-order valence-electron chi connectivity index (χ2n) is 6.56. The van der Waals surface area contributed by atoms with Crippen LogP contribution in [0.25, 0.3) is 5.82 Å². The number of hydrogen-bond acceptors (Lipinski definition) is 7. The van der Waals surface area contributed by atoms with Crippen LogP contribution >= 0.6 is 0 Å². The van der Waals surface area contributed by atoms with Gasteiger partial charge in [0.25, 0.3) is 11.6 Å². The molecule has 0 radical (unpaired) electrons. The highest BCUT2D eigenvalue weighted by molar-refractivity contribution is 5.98. The molecule has 1 saturated heterocycles. The molecule has 1 amide bonds. The van der Waals surface area contributed by atoms with Crippen LogP contribution in [0.4, 0.5) is 5.69 Å². The third kappa shape index (κ3) is 4.05.